The number of fused-ring (bicyclic) bond motifs is 1. The van der Waals surface area contributed by atoms with Crippen LogP contribution in [0.2, 0.25) is 5.02 Å². The molecule has 1 aliphatic heterocycles. The number of rotatable bonds is 8. The number of amides is 1. The van der Waals surface area contributed by atoms with Crippen LogP contribution >= 0.6 is 11.6 Å². The van der Waals surface area contributed by atoms with E-state index in [1.807, 2.05) is 18.2 Å². The smallest absolute Gasteiger partial charge is 0.293 e. The van der Waals surface area contributed by atoms with E-state index in [-0.39, 0.29) is 31.1 Å². The minimum absolute atomic E-state index is 0.0528. The van der Waals surface area contributed by atoms with Crippen LogP contribution in [0.4, 0.5) is 17.5 Å². The monoisotopic (exact) mass is 514 g/mol. The molecule has 11 heteroatoms. The third-order valence-electron chi connectivity index (χ3n) is 6.13. The number of aromatic nitrogens is 3. The van der Waals surface area contributed by atoms with Crippen LogP contribution in [0.1, 0.15) is 20.3 Å². The SMILES string of the molecule is C[C@@H]1C[C@H](C)CN(c2ncc(Cl)c(Nc3ccc4c(c3)cc(OCC(=O)NCCO)c(=O)n4C)n2)C1. The Bertz CT molecular complexity index is 1300. The lowest BCUT2D eigenvalue weighted by atomic mass is 9.92. The predicted octanol–water partition coefficient (Wildman–Crippen LogP) is 2.70. The molecule has 192 valence electrons. The summed E-state index contributed by atoms with van der Waals surface area (Å²) in [5, 5.41) is 15.7. The number of halogens is 1. The highest BCUT2D eigenvalue weighted by Crippen LogP contribution is 2.29. The number of piperidine rings is 1. The quantitative estimate of drug-likeness (QED) is 0.419. The molecule has 0 unspecified atom stereocenters. The number of aliphatic hydroxyl groups is 1. The molecule has 0 spiro atoms. The summed E-state index contributed by atoms with van der Waals surface area (Å²) < 4.78 is 6.93. The maximum atomic E-state index is 12.7. The maximum absolute atomic E-state index is 12.7. The molecule has 3 heterocycles. The highest BCUT2D eigenvalue weighted by Gasteiger charge is 2.24. The lowest BCUT2D eigenvalue weighted by molar-refractivity contribution is -0.123. The second-order valence-electron chi connectivity index (χ2n) is 9.35. The van der Waals surface area contributed by atoms with Crippen LogP contribution in [0.15, 0.2) is 35.3 Å². The summed E-state index contributed by atoms with van der Waals surface area (Å²) in [6.45, 7) is 5.89. The van der Waals surface area contributed by atoms with Crippen molar-refractivity contribution in [3.05, 3.63) is 45.8 Å². The second kappa shape index (κ2) is 11.1. The van der Waals surface area contributed by atoms with E-state index in [0.717, 1.165) is 24.2 Å². The highest BCUT2D eigenvalue weighted by molar-refractivity contribution is 6.32. The summed E-state index contributed by atoms with van der Waals surface area (Å²) in [6, 6.07) is 7.12. The summed E-state index contributed by atoms with van der Waals surface area (Å²) in [5.41, 5.74) is 1.07. The van der Waals surface area contributed by atoms with Crippen molar-refractivity contribution in [2.45, 2.75) is 20.3 Å². The van der Waals surface area contributed by atoms with Crippen molar-refractivity contribution >= 4 is 45.9 Å². The van der Waals surface area contributed by atoms with Gasteiger partial charge in [0.25, 0.3) is 11.5 Å². The number of hydrogen-bond donors (Lipinski definition) is 3. The number of hydrogen-bond acceptors (Lipinski definition) is 8. The van der Waals surface area contributed by atoms with Gasteiger partial charge in [-0.1, -0.05) is 25.4 Å². The van der Waals surface area contributed by atoms with Crippen molar-refractivity contribution in [2.75, 3.05) is 43.1 Å². The van der Waals surface area contributed by atoms with E-state index in [1.165, 1.54) is 11.0 Å². The van der Waals surface area contributed by atoms with Gasteiger partial charge in [-0.25, -0.2) is 4.98 Å². The van der Waals surface area contributed by atoms with E-state index >= 15 is 0 Å². The normalized spacial score (nSPS) is 17.8. The Hall–Kier alpha value is -3.37. The maximum Gasteiger partial charge on any atom is 0.293 e. The number of aliphatic hydroxyl groups excluding tert-OH is 1. The van der Waals surface area contributed by atoms with Gasteiger partial charge >= 0.3 is 0 Å². The molecule has 4 rings (SSSR count). The number of nitrogens with one attached hydrogen (secondary N) is 2. The number of pyridine rings is 1. The third-order valence-corrected chi connectivity index (χ3v) is 6.41. The fourth-order valence-electron chi connectivity index (χ4n) is 4.58. The Morgan fingerprint density at radius 1 is 1.25 bits per heavy atom. The van der Waals surface area contributed by atoms with Gasteiger partial charge < -0.3 is 29.9 Å². The van der Waals surface area contributed by atoms with Crippen molar-refractivity contribution < 1.29 is 14.6 Å². The minimum Gasteiger partial charge on any atom is -0.478 e. The first kappa shape index (κ1) is 25.7. The van der Waals surface area contributed by atoms with Gasteiger partial charge in [-0.3, -0.25) is 9.59 Å². The van der Waals surface area contributed by atoms with E-state index in [1.54, 1.807) is 19.3 Å². The zero-order valence-corrected chi connectivity index (χ0v) is 21.4. The number of ether oxygens (including phenoxy) is 1. The zero-order chi connectivity index (χ0) is 25.8. The number of benzene rings is 1. The Labute approximate surface area is 214 Å². The first-order chi connectivity index (χ1) is 17.2. The molecule has 2 atom stereocenters. The molecule has 0 radical (unpaired) electrons. The van der Waals surface area contributed by atoms with Gasteiger partial charge in [0, 0.05) is 37.8 Å². The molecule has 1 amide bonds. The Balaban J connectivity index is 1.57. The van der Waals surface area contributed by atoms with Crippen LogP contribution in [0, 0.1) is 11.8 Å². The largest absolute Gasteiger partial charge is 0.478 e. The van der Waals surface area contributed by atoms with Crippen molar-refractivity contribution in [1.82, 2.24) is 19.9 Å². The van der Waals surface area contributed by atoms with Crippen molar-refractivity contribution in [3.8, 4) is 5.75 Å². The molecule has 1 fully saturated rings. The summed E-state index contributed by atoms with van der Waals surface area (Å²) in [6.07, 6.45) is 2.79. The Morgan fingerprint density at radius 2 is 2.00 bits per heavy atom. The molecule has 0 aliphatic carbocycles. The number of carbonyl (C=O) groups excluding carboxylic acids is 1. The highest BCUT2D eigenvalue weighted by atomic mass is 35.5. The average molecular weight is 515 g/mol. The van der Waals surface area contributed by atoms with Crippen LogP contribution < -0.4 is 25.8 Å². The van der Waals surface area contributed by atoms with Crippen LogP contribution in [0.3, 0.4) is 0 Å². The van der Waals surface area contributed by atoms with Crippen LogP contribution in [-0.4, -0.2) is 58.4 Å². The third kappa shape index (κ3) is 5.88. The van der Waals surface area contributed by atoms with E-state index in [9.17, 15) is 9.59 Å². The number of aryl methyl sites for hydroxylation is 1. The molecule has 1 aromatic carbocycles. The molecule has 36 heavy (non-hydrogen) atoms. The topological polar surface area (TPSA) is 122 Å². The molecule has 0 saturated carbocycles. The van der Waals surface area contributed by atoms with Gasteiger partial charge in [-0.15, -0.1) is 0 Å². The fraction of sp³-hybridized carbons (Fsp3) is 0.440. The average Bonchev–Trinajstić information content (AvgIpc) is 2.84. The molecule has 10 nitrogen and oxygen atoms in total. The van der Waals surface area contributed by atoms with E-state index < -0.39 is 5.91 Å². The van der Waals surface area contributed by atoms with E-state index in [0.29, 0.717) is 34.1 Å². The van der Waals surface area contributed by atoms with Gasteiger partial charge in [0.2, 0.25) is 5.95 Å². The molecule has 2 aromatic heterocycles. The molecule has 1 saturated heterocycles. The van der Waals surface area contributed by atoms with Crippen LogP contribution in [-0.2, 0) is 11.8 Å². The van der Waals surface area contributed by atoms with Crippen molar-refractivity contribution in [1.29, 1.82) is 0 Å². The van der Waals surface area contributed by atoms with Crippen molar-refractivity contribution in [2.24, 2.45) is 18.9 Å². The molecular weight excluding hydrogens is 484 g/mol. The van der Waals surface area contributed by atoms with E-state index in [2.05, 4.69) is 34.4 Å². The van der Waals surface area contributed by atoms with Crippen LogP contribution in [0.5, 0.6) is 5.75 Å². The molecule has 3 aromatic rings. The van der Waals surface area contributed by atoms with Gasteiger partial charge in [-0.2, -0.15) is 4.98 Å². The predicted molar refractivity (Wildman–Crippen MR) is 140 cm³/mol. The first-order valence-electron chi connectivity index (χ1n) is 11.9. The van der Waals surface area contributed by atoms with Gasteiger partial charge in [0.1, 0.15) is 5.02 Å². The lowest BCUT2D eigenvalue weighted by Crippen LogP contribution is -2.39. The standard InChI is InChI=1S/C25H31ClN6O4/c1-15-8-16(2)13-32(12-15)25-28-11-19(26)23(30-25)29-18-4-5-20-17(9-18)10-21(24(35)31(20)3)36-14-22(34)27-6-7-33/h4-5,9-11,15-16,33H,6-8,12-14H2,1-3H3,(H,27,34)(H,28,29,30)/t15-,16+. The van der Waals surface area contributed by atoms with Crippen LogP contribution in [0.25, 0.3) is 10.9 Å². The van der Waals surface area contributed by atoms with Gasteiger partial charge in [0.15, 0.2) is 18.2 Å². The number of carbonyl (C=O) groups is 1. The summed E-state index contributed by atoms with van der Waals surface area (Å²) in [5.74, 6) is 1.89. The number of anilines is 3. The first-order valence-corrected chi connectivity index (χ1v) is 12.3. The second-order valence-corrected chi connectivity index (χ2v) is 9.76. The van der Waals surface area contributed by atoms with Crippen molar-refractivity contribution in [3.63, 3.8) is 0 Å². The Kier molecular flexibility index (Phi) is 7.95. The van der Waals surface area contributed by atoms with E-state index in [4.69, 9.17) is 26.4 Å². The molecule has 0 bridgehead atoms. The fourth-order valence-corrected chi connectivity index (χ4v) is 4.72. The molecule has 1 aliphatic rings. The molecular formula is C25H31ClN6O4. The lowest BCUT2D eigenvalue weighted by Gasteiger charge is -2.35. The number of nitrogens with zero attached hydrogens (tertiary/aromatic N) is 4. The Morgan fingerprint density at radius 3 is 2.72 bits per heavy atom. The van der Waals surface area contributed by atoms with Gasteiger partial charge in [-0.05, 0) is 42.5 Å². The summed E-state index contributed by atoms with van der Waals surface area (Å²) in [7, 11) is 1.64. The summed E-state index contributed by atoms with van der Waals surface area (Å²) in [4.78, 5) is 35.8. The summed E-state index contributed by atoms with van der Waals surface area (Å²) >= 11 is 6.41. The molecule has 3 N–H and O–H groups in total. The van der Waals surface area contributed by atoms with Gasteiger partial charge in [0.05, 0.1) is 18.3 Å². The minimum atomic E-state index is -0.423. The zero-order valence-electron chi connectivity index (χ0n) is 20.6.